The molecule has 2 aromatic rings. The normalized spacial score (nSPS) is 12.9. The highest BCUT2D eigenvalue weighted by atomic mass is 35.5. The highest BCUT2D eigenvalue weighted by molar-refractivity contribution is 7.89. The van der Waals surface area contributed by atoms with E-state index in [0.717, 1.165) is 11.3 Å². The molecule has 21 heavy (non-hydrogen) atoms. The van der Waals surface area contributed by atoms with Gasteiger partial charge in [0.1, 0.15) is 0 Å². The Morgan fingerprint density at radius 3 is 2.10 bits per heavy atom. The molecule has 0 aliphatic heterocycles. The Labute approximate surface area is 130 Å². The van der Waals surface area contributed by atoms with Gasteiger partial charge >= 0.3 is 0 Å². The van der Waals surface area contributed by atoms with Crippen molar-refractivity contribution in [2.75, 3.05) is 12.4 Å². The fraction of sp³-hybridized carbons (Fsp3) is 0.200. The van der Waals surface area contributed by atoms with Gasteiger partial charge in [0.15, 0.2) is 0 Å². The molecule has 2 rings (SSSR count). The molecule has 0 saturated heterocycles. The molecule has 0 saturated carbocycles. The Hall–Kier alpha value is -1.56. The lowest BCUT2D eigenvalue weighted by molar-refractivity contribution is 0.588. The molecule has 0 radical (unpaired) electrons. The summed E-state index contributed by atoms with van der Waals surface area (Å²) in [5, 5.41) is 4.02. The van der Waals surface area contributed by atoms with E-state index in [0.29, 0.717) is 5.02 Å². The summed E-state index contributed by atoms with van der Waals surface area (Å²) in [6.45, 7) is 2.03. The van der Waals surface area contributed by atoms with Gasteiger partial charge < -0.3 is 5.32 Å². The molecule has 4 nitrogen and oxygen atoms in total. The third-order valence-corrected chi connectivity index (χ3v) is 4.87. The van der Waals surface area contributed by atoms with E-state index in [1.807, 2.05) is 31.2 Å². The molecule has 0 spiro atoms. The van der Waals surface area contributed by atoms with E-state index >= 15 is 0 Å². The molecular weight excluding hydrogens is 308 g/mol. The summed E-state index contributed by atoms with van der Waals surface area (Å²) in [7, 11) is -2.00. The van der Waals surface area contributed by atoms with Crippen molar-refractivity contribution < 1.29 is 8.42 Å². The van der Waals surface area contributed by atoms with Crippen molar-refractivity contribution in [3.8, 4) is 0 Å². The first-order valence-electron chi connectivity index (χ1n) is 6.48. The molecule has 6 heteroatoms. The van der Waals surface area contributed by atoms with Crippen LogP contribution in [0.15, 0.2) is 53.4 Å². The van der Waals surface area contributed by atoms with Crippen molar-refractivity contribution in [1.82, 2.24) is 4.72 Å². The van der Waals surface area contributed by atoms with Crippen LogP contribution in [0.4, 0.5) is 5.69 Å². The van der Waals surface area contributed by atoms with Gasteiger partial charge in [0.25, 0.3) is 0 Å². The standard InChI is InChI=1S/C15H17ClN2O2S/c1-11(12-3-5-13(16)6-4-12)18-14-7-9-15(10-8-14)21(19,20)17-2/h3-11,17-18H,1-2H3. The van der Waals surface area contributed by atoms with Crippen molar-refractivity contribution in [2.45, 2.75) is 17.9 Å². The van der Waals surface area contributed by atoms with Gasteiger partial charge in [-0.1, -0.05) is 23.7 Å². The van der Waals surface area contributed by atoms with Crippen LogP contribution in [0.2, 0.25) is 5.02 Å². The second-order valence-corrected chi connectivity index (χ2v) is 6.97. The number of hydrogen-bond acceptors (Lipinski definition) is 3. The zero-order valence-corrected chi connectivity index (χ0v) is 13.4. The molecule has 0 aromatic heterocycles. The van der Waals surface area contributed by atoms with E-state index in [2.05, 4.69) is 10.0 Å². The maximum Gasteiger partial charge on any atom is 0.240 e. The lowest BCUT2D eigenvalue weighted by Crippen LogP contribution is -2.18. The molecule has 0 aliphatic rings. The smallest absolute Gasteiger partial charge is 0.240 e. The molecule has 2 aromatic carbocycles. The number of hydrogen-bond donors (Lipinski definition) is 2. The summed E-state index contributed by atoms with van der Waals surface area (Å²) < 4.78 is 25.6. The summed E-state index contributed by atoms with van der Waals surface area (Å²) in [6, 6.07) is 14.3. The summed E-state index contributed by atoms with van der Waals surface area (Å²) >= 11 is 5.87. The fourth-order valence-electron chi connectivity index (χ4n) is 1.93. The van der Waals surface area contributed by atoms with Crippen LogP contribution in [0.1, 0.15) is 18.5 Å². The van der Waals surface area contributed by atoms with Crippen molar-refractivity contribution in [1.29, 1.82) is 0 Å². The van der Waals surface area contributed by atoms with Crippen molar-refractivity contribution >= 4 is 27.3 Å². The maximum absolute atomic E-state index is 11.6. The van der Waals surface area contributed by atoms with Crippen molar-refractivity contribution in [2.24, 2.45) is 0 Å². The molecular formula is C15H17ClN2O2S. The molecule has 0 amide bonds. The van der Waals surface area contributed by atoms with E-state index in [4.69, 9.17) is 11.6 Å². The molecule has 112 valence electrons. The molecule has 0 bridgehead atoms. The minimum Gasteiger partial charge on any atom is -0.379 e. The predicted octanol–water partition coefficient (Wildman–Crippen LogP) is 3.42. The number of anilines is 1. The van der Waals surface area contributed by atoms with Gasteiger partial charge in [-0.05, 0) is 55.9 Å². The van der Waals surface area contributed by atoms with Gasteiger partial charge in [-0.25, -0.2) is 13.1 Å². The zero-order valence-electron chi connectivity index (χ0n) is 11.8. The first kappa shape index (κ1) is 15.8. The highest BCUT2D eigenvalue weighted by Gasteiger charge is 2.11. The average molecular weight is 325 g/mol. The number of rotatable bonds is 5. The first-order chi connectivity index (χ1) is 9.92. The largest absolute Gasteiger partial charge is 0.379 e. The van der Waals surface area contributed by atoms with Crippen LogP contribution in [0, 0.1) is 0 Å². The minimum atomic E-state index is -3.39. The Kier molecular flexibility index (Phi) is 4.88. The van der Waals surface area contributed by atoms with Gasteiger partial charge in [-0.15, -0.1) is 0 Å². The molecule has 0 fully saturated rings. The van der Waals surface area contributed by atoms with Gasteiger partial charge in [0, 0.05) is 16.8 Å². The number of halogens is 1. The number of sulfonamides is 1. The average Bonchev–Trinajstić information content (AvgIpc) is 2.48. The molecule has 1 atom stereocenters. The van der Waals surface area contributed by atoms with Crippen LogP contribution < -0.4 is 10.0 Å². The predicted molar refractivity (Wildman–Crippen MR) is 86.2 cm³/mol. The van der Waals surface area contributed by atoms with Crippen LogP contribution in [0.5, 0.6) is 0 Å². The summed E-state index contributed by atoms with van der Waals surface area (Å²) in [6.07, 6.45) is 0. The Bertz CT molecular complexity index is 697. The Morgan fingerprint density at radius 2 is 1.57 bits per heavy atom. The van der Waals surface area contributed by atoms with Gasteiger partial charge in [-0.3, -0.25) is 0 Å². The summed E-state index contributed by atoms with van der Waals surface area (Å²) in [4.78, 5) is 0.245. The molecule has 0 heterocycles. The van der Waals surface area contributed by atoms with Crippen LogP contribution >= 0.6 is 11.6 Å². The summed E-state index contributed by atoms with van der Waals surface area (Å²) in [5.41, 5.74) is 1.96. The number of nitrogens with one attached hydrogen (secondary N) is 2. The van der Waals surface area contributed by atoms with E-state index in [9.17, 15) is 8.42 Å². The third kappa shape index (κ3) is 3.97. The Balaban J connectivity index is 2.11. The van der Waals surface area contributed by atoms with Gasteiger partial charge in [-0.2, -0.15) is 0 Å². The van der Waals surface area contributed by atoms with Crippen molar-refractivity contribution in [3.63, 3.8) is 0 Å². The van der Waals surface area contributed by atoms with Gasteiger partial charge in [0.2, 0.25) is 10.0 Å². The van der Waals surface area contributed by atoms with E-state index < -0.39 is 10.0 Å². The van der Waals surface area contributed by atoms with Crippen LogP contribution in [0.25, 0.3) is 0 Å². The van der Waals surface area contributed by atoms with Crippen LogP contribution in [-0.4, -0.2) is 15.5 Å². The van der Waals surface area contributed by atoms with E-state index in [1.54, 1.807) is 24.3 Å². The minimum absolute atomic E-state index is 0.0917. The fourth-order valence-corrected chi connectivity index (χ4v) is 2.79. The lowest BCUT2D eigenvalue weighted by Gasteiger charge is -2.16. The molecule has 0 aliphatic carbocycles. The highest BCUT2D eigenvalue weighted by Crippen LogP contribution is 2.22. The third-order valence-electron chi connectivity index (χ3n) is 3.19. The second kappa shape index (κ2) is 6.47. The summed E-state index contributed by atoms with van der Waals surface area (Å²) in [5.74, 6) is 0. The topological polar surface area (TPSA) is 58.2 Å². The van der Waals surface area contributed by atoms with E-state index in [1.165, 1.54) is 7.05 Å². The van der Waals surface area contributed by atoms with Crippen LogP contribution in [0.3, 0.4) is 0 Å². The van der Waals surface area contributed by atoms with Crippen molar-refractivity contribution in [3.05, 3.63) is 59.1 Å². The molecule has 1 unspecified atom stereocenters. The zero-order chi connectivity index (χ0) is 15.5. The quantitative estimate of drug-likeness (QED) is 0.886. The second-order valence-electron chi connectivity index (χ2n) is 4.65. The lowest BCUT2D eigenvalue weighted by atomic mass is 10.1. The van der Waals surface area contributed by atoms with E-state index in [-0.39, 0.29) is 10.9 Å². The monoisotopic (exact) mass is 324 g/mol. The maximum atomic E-state index is 11.6. The molecule has 2 N–H and O–H groups in total. The number of benzene rings is 2. The SMILES string of the molecule is CNS(=O)(=O)c1ccc(NC(C)c2ccc(Cl)cc2)cc1. The van der Waals surface area contributed by atoms with Gasteiger partial charge in [0.05, 0.1) is 4.90 Å². The Morgan fingerprint density at radius 1 is 1.00 bits per heavy atom. The van der Waals surface area contributed by atoms with Crippen LogP contribution in [-0.2, 0) is 10.0 Å². The first-order valence-corrected chi connectivity index (χ1v) is 8.34.